The van der Waals surface area contributed by atoms with E-state index in [0.29, 0.717) is 0 Å². The molecule has 0 saturated heterocycles. The van der Waals surface area contributed by atoms with Gasteiger partial charge in [-0.05, 0) is 43.0 Å². The Morgan fingerprint density at radius 3 is 2.86 bits per heavy atom. The molecule has 3 nitrogen and oxygen atoms in total. The van der Waals surface area contributed by atoms with Gasteiger partial charge in [-0.1, -0.05) is 6.42 Å². The molecule has 0 radical (unpaired) electrons. The van der Waals surface area contributed by atoms with Gasteiger partial charge in [0.2, 0.25) is 5.91 Å². The van der Waals surface area contributed by atoms with Gasteiger partial charge in [0.15, 0.2) is 0 Å². The molecule has 0 bridgehead atoms. The van der Waals surface area contributed by atoms with E-state index in [2.05, 4.69) is 5.32 Å². The highest BCUT2D eigenvalue weighted by Crippen LogP contribution is 2.37. The maximum absolute atomic E-state index is 13.4. The third kappa shape index (κ3) is 3.52. The summed E-state index contributed by atoms with van der Waals surface area (Å²) < 4.78 is 13.4. The molecule has 1 aromatic rings. The Balaban J connectivity index is 0.00000161. The standard InChI is InChI=1S/C15H19FN2OS.ClH/c16-9-4-5-14-11(8-9)13(6-7-20-14)18-15(19)10-2-1-3-12(10)17;/h4-5,8,10,12-13H,1-3,6-7,17H2,(H,18,19);1H. The molecular weight excluding hydrogens is 311 g/mol. The molecule has 1 aliphatic carbocycles. The Morgan fingerprint density at radius 1 is 1.33 bits per heavy atom. The fourth-order valence-corrected chi connectivity index (χ4v) is 4.21. The summed E-state index contributed by atoms with van der Waals surface area (Å²) in [6.07, 6.45) is 3.65. The minimum absolute atomic E-state index is 0. The zero-order valence-corrected chi connectivity index (χ0v) is 13.3. The lowest BCUT2D eigenvalue weighted by Crippen LogP contribution is -2.41. The first-order valence-corrected chi connectivity index (χ1v) is 8.12. The number of hydrogen-bond donors (Lipinski definition) is 2. The van der Waals surface area contributed by atoms with Crippen LogP contribution >= 0.6 is 24.2 Å². The Bertz CT molecular complexity index is 528. The summed E-state index contributed by atoms with van der Waals surface area (Å²) in [7, 11) is 0. The molecule has 1 aromatic carbocycles. The van der Waals surface area contributed by atoms with Crippen LogP contribution in [0.25, 0.3) is 0 Å². The summed E-state index contributed by atoms with van der Waals surface area (Å²) >= 11 is 1.72. The maximum atomic E-state index is 13.4. The van der Waals surface area contributed by atoms with E-state index in [-0.39, 0.29) is 42.1 Å². The van der Waals surface area contributed by atoms with Crippen molar-refractivity contribution in [3.05, 3.63) is 29.6 Å². The van der Waals surface area contributed by atoms with Gasteiger partial charge in [0.25, 0.3) is 0 Å². The van der Waals surface area contributed by atoms with E-state index in [1.165, 1.54) is 6.07 Å². The Morgan fingerprint density at radius 2 is 2.14 bits per heavy atom. The topological polar surface area (TPSA) is 55.1 Å². The van der Waals surface area contributed by atoms with Crippen molar-refractivity contribution in [2.45, 2.75) is 42.7 Å². The normalized spacial score (nSPS) is 27.6. The van der Waals surface area contributed by atoms with E-state index in [1.54, 1.807) is 23.9 Å². The lowest BCUT2D eigenvalue weighted by atomic mass is 9.99. The number of thioether (sulfide) groups is 1. The lowest BCUT2D eigenvalue weighted by molar-refractivity contribution is -0.126. The number of nitrogens with two attached hydrogens (primary N) is 1. The second-order valence-corrected chi connectivity index (χ2v) is 6.72. The molecule has 116 valence electrons. The molecule has 1 saturated carbocycles. The second-order valence-electron chi connectivity index (χ2n) is 5.58. The van der Waals surface area contributed by atoms with Crippen LogP contribution in [0.3, 0.4) is 0 Å². The minimum atomic E-state index is -0.247. The lowest BCUT2D eigenvalue weighted by Gasteiger charge is -2.27. The monoisotopic (exact) mass is 330 g/mol. The number of amides is 1. The molecule has 3 unspecified atom stereocenters. The Kier molecular flexibility index (Phi) is 5.52. The summed E-state index contributed by atoms with van der Waals surface area (Å²) in [5.41, 5.74) is 6.88. The van der Waals surface area contributed by atoms with Crippen molar-refractivity contribution in [2.24, 2.45) is 11.7 Å². The number of nitrogens with one attached hydrogen (secondary N) is 1. The van der Waals surface area contributed by atoms with E-state index in [1.807, 2.05) is 0 Å². The summed E-state index contributed by atoms with van der Waals surface area (Å²) in [5.74, 6) is 0.645. The van der Waals surface area contributed by atoms with Crippen LogP contribution in [0.5, 0.6) is 0 Å². The molecule has 3 N–H and O–H groups in total. The summed E-state index contributed by atoms with van der Waals surface area (Å²) in [6, 6.07) is 4.71. The van der Waals surface area contributed by atoms with Crippen molar-refractivity contribution in [3.63, 3.8) is 0 Å². The maximum Gasteiger partial charge on any atom is 0.225 e. The molecule has 3 atom stereocenters. The van der Waals surface area contributed by atoms with E-state index in [9.17, 15) is 9.18 Å². The molecule has 0 spiro atoms. The van der Waals surface area contributed by atoms with Gasteiger partial charge >= 0.3 is 0 Å². The highest BCUT2D eigenvalue weighted by atomic mass is 35.5. The molecule has 1 aliphatic heterocycles. The van der Waals surface area contributed by atoms with Crippen LogP contribution in [0.4, 0.5) is 4.39 Å². The van der Waals surface area contributed by atoms with Crippen molar-refractivity contribution < 1.29 is 9.18 Å². The Hall–Kier alpha value is -0.780. The van der Waals surface area contributed by atoms with Crippen molar-refractivity contribution in [3.8, 4) is 0 Å². The average Bonchev–Trinajstić information content (AvgIpc) is 2.86. The zero-order chi connectivity index (χ0) is 14.1. The summed E-state index contributed by atoms with van der Waals surface area (Å²) in [5, 5.41) is 3.08. The van der Waals surface area contributed by atoms with E-state index in [0.717, 1.165) is 41.9 Å². The number of rotatable bonds is 2. The number of halogens is 2. The second kappa shape index (κ2) is 6.99. The van der Waals surface area contributed by atoms with Gasteiger partial charge in [0.1, 0.15) is 5.82 Å². The third-order valence-corrected chi connectivity index (χ3v) is 5.36. The largest absolute Gasteiger partial charge is 0.349 e. The zero-order valence-electron chi connectivity index (χ0n) is 11.7. The Labute approximate surface area is 134 Å². The molecule has 0 aromatic heterocycles. The SMILES string of the molecule is Cl.NC1CCCC1C(=O)NC1CCSc2ccc(F)cc21. The van der Waals surface area contributed by atoms with Gasteiger partial charge < -0.3 is 11.1 Å². The fourth-order valence-electron chi connectivity index (χ4n) is 3.11. The summed E-state index contributed by atoms with van der Waals surface area (Å²) in [4.78, 5) is 13.4. The number of fused-ring (bicyclic) bond motifs is 1. The average molecular weight is 331 g/mol. The van der Waals surface area contributed by atoms with Crippen LogP contribution < -0.4 is 11.1 Å². The van der Waals surface area contributed by atoms with Gasteiger partial charge in [-0.3, -0.25) is 4.79 Å². The third-order valence-electron chi connectivity index (χ3n) is 4.23. The molecular formula is C15H20ClFN2OS. The van der Waals surface area contributed by atoms with Crippen molar-refractivity contribution in [1.82, 2.24) is 5.32 Å². The predicted octanol–water partition coefficient (Wildman–Crippen LogP) is 3.03. The van der Waals surface area contributed by atoms with Crippen molar-refractivity contribution in [2.75, 3.05) is 5.75 Å². The molecule has 2 aliphatic rings. The molecule has 6 heteroatoms. The molecule has 1 amide bonds. The van der Waals surface area contributed by atoms with Crippen LogP contribution in [0.1, 0.15) is 37.3 Å². The molecule has 1 heterocycles. The molecule has 3 rings (SSSR count). The van der Waals surface area contributed by atoms with Crippen LogP contribution in [-0.2, 0) is 4.79 Å². The van der Waals surface area contributed by atoms with Crippen LogP contribution in [-0.4, -0.2) is 17.7 Å². The van der Waals surface area contributed by atoms with Gasteiger partial charge in [-0.15, -0.1) is 24.2 Å². The van der Waals surface area contributed by atoms with Crippen LogP contribution in [0.15, 0.2) is 23.1 Å². The smallest absolute Gasteiger partial charge is 0.225 e. The first-order valence-electron chi connectivity index (χ1n) is 7.13. The first kappa shape index (κ1) is 16.6. The van der Waals surface area contributed by atoms with Gasteiger partial charge in [0, 0.05) is 16.7 Å². The van der Waals surface area contributed by atoms with Gasteiger partial charge in [0.05, 0.1) is 12.0 Å². The fraction of sp³-hybridized carbons (Fsp3) is 0.533. The minimum Gasteiger partial charge on any atom is -0.349 e. The molecule has 1 fully saturated rings. The van der Waals surface area contributed by atoms with Crippen LogP contribution in [0, 0.1) is 11.7 Å². The van der Waals surface area contributed by atoms with Crippen molar-refractivity contribution >= 4 is 30.1 Å². The first-order chi connectivity index (χ1) is 9.65. The number of carbonyl (C=O) groups is 1. The van der Waals surface area contributed by atoms with Gasteiger partial charge in [-0.25, -0.2) is 4.39 Å². The molecule has 21 heavy (non-hydrogen) atoms. The number of benzene rings is 1. The van der Waals surface area contributed by atoms with E-state index >= 15 is 0 Å². The predicted molar refractivity (Wildman–Crippen MR) is 85.2 cm³/mol. The number of carbonyl (C=O) groups excluding carboxylic acids is 1. The highest BCUT2D eigenvalue weighted by molar-refractivity contribution is 7.99. The summed E-state index contributed by atoms with van der Waals surface area (Å²) in [6.45, 7) is 0. The van der Waals surface area contributed by atoms with E-state index in [4.69, 9.17) is 5.73 Å². The van der Waals surface area contributed by atoms with E-state index < -0.39 is 0 Å². The number of hydrogen-bond acceptors (Lipinski definition) is 3. The highest BCUT2D eigenvalue weighted by Gasteiger charge is 2.32. The quantitative estimate of drug-likeness (QED) is 0.876. The van der Waals surface area contributed by atoms with Crippen LogP contribution in [0.2, 0.25) is 0 Å². The van der Waals surface area contributed by atoms with Gasteiger partial charge in [-0.2, -0.15) is 0 Å². The van der Waals surface area contributed by atoms with Crippen molar-refractivity contribution in [1.29, 1.82) is 0 Å².